The largest absolute Gasteiger partial charge is 0.496 e. The zero-order valence-electron chi connectivity index (χ0n) is 21.2. The van der Waals surface area contributed by atoms with Crippen molar-refractivity contribution in [3.8, 4) is 28.1 Å². The molecule has 192 valence electrons. The van der Waals surface area contributed by atoms with Gasteiger partial charge in [0.2, 0.25) is 0 Å². The molecule has 0 spiro atoms. The van der Waals surface area contributed by atoms with Crippen LogP contribution in [0.3, 0.4) is 0 Å². The summed E-state index contributed by atoms with van der Waals surface area (Å²) in [5.74, 6) is 0.438. The Bertz CT molecular complexity index is 1420. The van der Waals surface area contributed by atoms with Gasteiger partial charge in [-0.1, -0.05) is 18.2 Å². The van der Waals surface area contributed by atoms with Crippen LogP contribution in [0.4, 0.5) is 10.5 Å². The molecule has 37 heavy (non-hydrogen) atoms. The van der Waals surface area contributed by atoms with Gasteiger partial charge in [0.1, 0.15) is 11.4 Å². The van der Waals surface area contributed by atoms with Gasteiger partial charge in [-0.25, -0.2) is 9.78 Å². The number of aromatic nitrogens is 3. The number of para-hydroxylation sites is 1. The van der Waals surface area contributed by atoms with Crippen molar-refractivity contribution in [2.24, 2.45) is 0 Å². The number of nitrogens with zero attached hydrogens (tertiary/aromatic N) is 3. The van der Waals surface area contributed by atoms with Gasteiger partial charge in [0.25, 0.3) is 5.91 Å². The van der Waals surface area contributed by atoms with E-state index in [1.54, 1.807) is 46.6 Å². The maximum Gasteiger partial charge on any atom is 0.411 e. The van der Waals surface area contributed by atoms with E-state index in [1.807, 2.05) is 36.4 Å². The molecular weight excluding hydrogens is 474 g/mol. The van der Waals surface area contributed by atoms with Gasteiger partial charge in [0.05, 0.1) is 25.0 Å². The first-order valence-electron chi connectivity index (χ1n) is 11.7. The Morgan fingerprint density at radius 3 is 2.59 bits per heavy atom. The highest BCUT2D eigenvalue weighted by molar-refractivity contribution is 6.04. The van der Waals surface area contributed by atoms with Crippen molar-refractivity contribution in [3.63, 3.8) is 0 Å². The molecule has 0 atom stereocenters. The molecule has 4 rings (SSSR count). The standard InChI is InChI=1S/C27H29N5O5/c1-32(2)26(33)20-14-17(10-11-22(20)29-27(34)37-13-7-12-35-3)18-15-21-24(30-31-25(21)28-16-18)19-8-5-6-9-23(19)36-4/h5-6,8-11,14-16H,7,12-13H2,1-4H3,(H,29,34)(H,28,30,31). The van der Waals surface area contributed by atoms with Gasteiger partial charge in [0, 0.05) is 56.9 Å². The summed E-state index contributed by atoms with van der Waals surface area (Å²) in [6.07, 6.45) is 1.65. The Hall–Kier alpha value is -4.44. The first-order chi connectivity index (χ1) is 17.9. The molecule has 2 heterocycles. The number of carbonyl (C=O) groups excluding carboxylic acids is 2. The quantitative estimate of drug-likeness (QED) is 0.321. The summed E-state index contributed by atoms with van der Waals surface area (Å²) in [6, 6.07) is 14.8. The van der Waals surface area contributed by atoms with Crippen LogP contribution in [0.25, 0.3) is 33.4 Å². The summed E-state index contributed by atoms with van der Waals surface area (Å²) in [4.78, 5) is 31.3. The number of anilines is 1. The van der Waals surface area contributed by atoms with E-state index in [-0.39, 0.29) is 12.5 Å². The number of aromatic amines is 1. The fraction of sp³-hybridized carbons (Fsp3) is 0.259. The first-order valence-corrected chi connectivity index (χ1v) is 11.7. The van der Waals surface area contributed by atoms with Gasteiger partial charge >= 0.3 is 6.09 Å². The number of ether oxygens (including phenoxy) is 3. The van der Waals surface area contributed by atoms with E-state index >= 15 is 0 Å². The van der Waals surface area contributed by atoms with E-state index < -0.39 is 6.09 Å². The second kappa shape index (κ2) is 11.5. The molecule has 0 fully saturated rings. The van der Waals surface area contributed by atoms with Crippen molar-refractivity contribution < 1.29 is 23.8 Å². The van der Waals surface area contributed by atoms with Crippen LogP contribution in [0.2, 0.25) is 0 Å². The minimum absolute atomic E-state index is 0.208. The predicted octanol–water partition coefficient (Wildman–Crippen LogP) is 4.59. The Balaban J connectivity index is 1.69. The molecule has 2 aromatic carbocycles. The maximum absolute atomic E-state index is 13.0. The van der Waals surface area contributed by atoms with E-state index in [2.05, 4.69) is 20.5 Å². The number of rotatable bonds is 9. The molecule has 4 aromatic rings. The molecule has 2 N–H and O–H groups in total. The van der Waals surface area contributed by atoms with E-state index in [1.165, 1.54) is 4.90 Å². The number of H-pyrrole nitrogens is 1. The lowest BCUT2D eigenvalue weighted by Gasteiger charge is -2.16. The monoisotopic (exact) mass is 503 g/mol. The Labute approximate surface area is 214 Å². The number of benzene rings is 2. The SMILES string of the molecule is COCCCOC(=O)Nc1ccc(-c2cnc3[nH]nc(-c4ccccc4OC)c3c2)cc1C(=O)N(C)C. The fourth-order valence-electron chi connectivity index (χ4n) is 3.87. The minimum atomic E-state index is -0.639. The van der Waals surface area contributed by atoms with E-state index in [0.29, 0.717) is 41.4 Å². The number of fused-ring (bicyclic) bond motifs is 1. The number of carbonyl (C=O) groups is 2. The van der Waals surface area contributed by atoms with Crippen molar-refractivity contribution >= 4 is 28.7 Å². The van der Waals surface area contributed by atoms with Gasteiger partial charge in [-0.05, 0) is 35.9 Å². The molecular formula is C27H29N5O5. The highest BCUT2D eigenvalue weighted by Crippen LogP contribution is 2.35. The Morgan fingerprint density at radius 2 is 1.84 bits per heavy atom. The molecule has 2 amide bonds. The third-order valence-corrected chi connectivity index (χ3v) is 5.73. The lowest BCUT2D eigenvalue weighted by molar-refractivity contribution is 0.0828. The topological polar surface area (TPSA) is 119 Å². The number of nitrogens with one attached hydrogen (secondary N) is 2. The molecule has 0 aliphatic rings. The van der Waals surface area contributed by atoms with Gasteiger partial charge in [-0.3, -0.25) is 15.2 Å². The zero-order valence-corrected chi connectivity index (χ0v) is 21.2. The third kappa shape index (κ3) is 5.70. The average Bonchev–Trinajstić information content (AvgIpc) is 3.34. The van der Waals surface area contributed by atoms with Gasteiger partial charge in [0.15, 0.2) is 5.65 Å². The van der Waals surface area contributed by atoms with Gasteiger partial charge < -0.3 is 19.1 Å². The van der Waals surface area contributed by atoms with Crippen LogP contribution in [0.1, 0.15) is 16.8 Å². The molecule has 0 radical (unpaired) electrons. The molecule has 0 saturated heterocycles. The van der Waals surface area contributed by atoms with Gasteiger partial charge in [-0.15, -0.1) is 0 Å². The highest BCUT2D eigenvalue weighted by Gasteiger charge is 2.19. The van der Waals surface area contributed by atoms with Crippen molar-refractivity contribution in [1.29, 1.82) is 0 Å². The molecule has 0 bridgehead atoms. The average molecular weight is 504 g/mol. The second-order valence-corrected chi connectivity index (χ2v) is 8.46. The van der Waals surface area contributed by atoms with Crippen molar-refractivity contribution in [3.05, 3.63) is 60.3 Å². The first kappa shape index (κ1) is 25.6. The summed E-state index contributed by atoms with van der Waals surface area (Å²) < 4.78 is 15.7. The van der Waals surface area contributed by atoms with Crippen LogP contribution in [0, 0.1) is 0 Å². The number of methoxy groups -OCH3 is 2. The molecule has 0 saturated carbocycles. The lowest BCUT2D eigenvalue weighted by Crippen LogP contribution is -2.24. The summed E-state index contributed by atoms with van der Waals surface area (Å²) in [5, 5.41) is 10.9. The smallest absolute Gasteiger partial charge is 0.411 e. The summed E-state index contributed by atoms with van der Waals surface area (Å²) in [5.41, 5.74) is 4.39. The fourth-order valence-corrected chi connectivity index (χ4v) is 3.87. The van der Waals surface area contributed by atoms with Crippen LogP contribution < -0.4 is 10.1 Å². The van der Waals surface area contributed by atoms with Crippen molar-refractivity contribution in [2.45, 2.75) is 6.42 Å². The number of pyridine rings is 1. The predicted molar refractivity (Wildman–Crippen MR) is 141 cm³/mol. The van der Waals surface area contributed by atoms with Crippen LogP contribution in [-0.4, -0.2) is 73.6 Å². The van der Waals surface area contributed by atoms with Crippen LogP contribution >= 0.6 is 0 Å². The number of hydrogen-bond donors (Lipinski definition) is 2. The minimum Gasteiger partial charge on any atom is -0.496 e. The van der Waals surface area contributed by atoms with E-state index in [4.69, 9.17) is 14.2 Å². The number of amides is 2. The van der Waals surface area contributed by atoms with Crippen LogP contribution in [-0.2, 0) is 9.47 Å². The van der Waals surface area contributed by atoms with E-state index in [0.717, 1.165) is 22.1 Å². The molecule has 0 aliphatic heterocycles. The summed E-state index contributed by atoms with van der Waals surface area (Å²) in [6.45, 7) is 0.694. The molecule has 10 heteroatoms. The molecule has 10 nitrogen and oxygen atoms in total. The third-order valence-electron chi connectivity index (χ3n) is 5.73. The van der Waals surface area contributed by atoms with Crippen molar-refractivity contribution in [1.82, 2.24) is 20.1 Å². The normalized spacial score (nSPS) is 10.8. The van der Waals surface area contributed by atoms with Gasteiger partial charge in [-0.2, -0.15) is 5.10 Å². The van der Waals surface area contributed by atoms with Crippen LogP contribution in [0.15, 0.2) is 54.7 Å². The maximum atomic E-state index is 13.0. The van der Waals surface area contributed by atoms with Crippen molar-refractivity contribution in [2.75, 3.05) is 46.8 Å². The zero-order chi connectivity index (χ0) is 26.4. The molecule has 0 aliphatic carbocycles. The lowest BCUT2D eigenvalue weighted by atomic mass is 10.0. The number of hydrogen-bond acceptors (Lipinski definition) is 7. The second-order valence-electron chi connectivity index (χ2n) is 8.46. The highest BCUT2D eigenvalue weighted by atomic mass is 16.5. The Kier molecular flexibility index (Phi) is 7.99. The Morgan fingerprint density at radius 1 is 1.03 bits per heavy atom. The molecule has 2 aromatic heterocycles. The van der Waals surface area contributed by atoms with Crippen LogP contribution in [0.5, 0.6) is 5.75 Å². The summed E-state index contributed by atoms with van der Waals surface area (Å²) in [7, 11) is 6.51. The van der Waals surface area contributed by atoms with E-state index in [9.17, 15) is 9.59 Å². The summed E-state index contributed by atoms with van der Waals surface area (Å²) >= 11 is 0. The molecule has 0 unspecified atom stereocenters.